The summed E-state index contributed by atoms with van der Waals surface area (Å²) in [4.78, 5) is 3.99. The fraction of sp³-hybridized carbons (Fsp3) is 0.455. The minimum Gasteiger partial charge on any atom is -0.437 e. The van der Waals surface area contributed by atoms with Gasteiger partial charge in [-0.3, -0.25) is 0 Å². The molecule has 0 aromatic heterocycles. The van der Waals surface area contributed by atoms with E-state index in [0.717, 1.165) is 30.7 Å². The predicted octanol–water partition coefficient (Wildman–Crippen LogP) is 1.82. The lowest BCUT2D eigenvalue weighted by Gasteiger charge is -2.36. The maximum Gasteiger partial charge on any atom is 0.376 e. The summed E-state index contributed by atoms with van der Waals surface area (Å²) in [5.74, 6) is -0.204. The Labute approximate surface area is 109 Å². The molecule has 0 bridgehead atoms. The van der Waals surface area contributed by atoms with Crippen molar-refractivity contribution in [3.8, 4) is 0 Å². The Kier molecular flexibility index (Phi) is 4.07. The quantitative estimate of drug-likeness (QED) is 0.844. The molecular weight excluding hydrogens is 286 g/mol. The molecule has 1 heterocycles. The van der Waals surface area contributed by atoms with Crippen LogP contribution in [-0.4, -0.2) is 43.1 Å². The van der Waals surface area contributed by atoms with Crippen molar-refractivity contribution in [1.29, 1.82) is 0 Å². The Morgan fingerprint density at radius 1 is 1.29 bits per heavy atom. The minimum absolute atomic E-state index is 0.204. The van der Waals surface area contributed by atoms with Crippen LogP contribution in [0.3, 0.4) is 0 Å². The number of piperazine rings is 1. The van der Waals surface area contributed by atoms with Gasteiger partial charge in [-0.05, 0) is 25.0 Å². The second-order valence-corrected chi connectivity index (χ2v) is 5.17. The summed E-state index contributed by atoms with van der Waals surface area (Å²) in [5, 5.41) is 9.45. The van der Waals surface area contributed by atoms with E-state index in [1.165, 1.54) is 6.07 Å². The first-order chi connectivity index (χ1) is 8.08. The highest BCUT2D eigenvalue weighted by molar-refractivity contribution is 9.10. The molecule has 6 heteroatoms. The lowest BCUT2D eigenvalue weighted by Crippen LogP contribution is -2.51. The molecule has 0 aliphatic carbocycles. The molecular formula is C11H15BBrFN2O. The van der Waals surface area contributed by atoms with Crippen LogP contribution in [0.2, 0.25) is 6.82 Å². The van der Waals surface area contributed by atoms with Gasteiger partial charge in [-0.1, -0.05) is 15.9 Å². The van der Waals surface area contributed by atoms with Crippen molar-refractivity contribution in [2.75, 3.05) is 31.1 Å². The first-order valence-electron chi connectivity index (χ1n) is 5.70. The molecule has 2 rings (SSSR count). The van der Waals surface area contributed by atoms with Crippen LogP contribution in [0, 0.1) is 5.82 Å². The molecule has 0 unspecified atom stereocenters. The van der Waals surface area contributed by atoms with Crippen LogP contribution in [0.1, 0.15) is 0 Å². The van der Waals surface area contributed by atoms with Crippen LogP contribution in [-0.2, 0) is 0 Å². The van der Waals surface area contributed by atoms with Crippen LogP contribution < -0.4 is 4.90 Å². The lowest BCUT2D eigenvalue weighted by molar-refractivity contribution is 0.343. The number of hydrogen-bond acceptors (Lipinski definition) is 3. The SMILES string of the molecule is CB(O)N1CCN(c2ccc(Br)cc2F)CC1. The van der Waals surface area contributed by atoms with E-state index >= 15 is 0 Å². The molecule has 0 saturated carbocycles. The second kappa shape index (κ2) is 5.37. The average molecular weight is 301 g/mol. The van der Waals surface area contributed by atoms with Crippen molar-refractivity contribution in [2.45, 2.75) is 6.82 Å². The highest BCUT2D eigenvalue weighted by atomic mass is 79.9. The fourth-order valence-electron chi connectivity index (χ4n) is 2.07. The van der Waals surface area contributed by atoms with Crippen LogP contribution >= 0.6 is 15.9 Å². The van der Waals surface area contributed by atoms with E-state index in [9.17, 15) is 9.41 Å². The largest absolute Gasteiger partial charge is 0.437 e. The molecule has 17 heavy (non-hydrogen) atoms. The van der Waals surface area contributed by atoms with Gasteiger partial charge in [-0.2, -0.15) is 0 Å². The molecule has 1 aromatic rings. The van der Waals surface area contributed by atoms with Gasteiger partial charge in [0.2, 0.25) is 0 Å². The Hall–Kier alpha value is -0.585. The number of benzene rings is 1. The van der Waals surface area contributed by atoms with Gasteiger partial charge in [0.05, 0.1) is 5.69 Å². The van der Waals surface area contributed by atoms with Crippen LogP contribution in [0.4, 0.5) is 10.1 Å². The van der Waals surface area contributed by atoms with Crippen molar-refractivity contribution < 1.29 is 9.41 Å². The fourth-order valence-corrected chi connectivity index (χ4v) is 2.41. The first kappa shape index (κ1) is 12.9. The summed E-state index contributed by atoms with van der Waals surface area (Å²) in [6.45, 7) is 4.75. The van der Waals surface area contributed by atoms with E-state index in [4.69, 9.17) is 0 Å². The summed E-state index contributed by atoms with van der Waals surface area (Å²) in [6.07, 6.45) is 0. The van der Waals surface area contributed by atoms with E-state index in [-0.39, 0.29) is 5.82 Å². The maximum atomic E-state index is 13.8. The molecule has 1 aromatic carbocycles. The molecule has 0 amide bonds. The number of hydrogen-bond donors (Lipinski definition) is 1. The highest BCUT2D eigenvalue weighted by Crippen LogP contribution is 2.24. The van der Waals surface area contributed by atoms with Gasteiger partial charge in [0.25, 0.3) is 0 Å². The summed E-state index contributed by atoms with van der Waals surface area (Å²) >= 11 is 3.25. The van der Waals surface area contributed by atoms with E-state index in [1.807, 2.05) is 15.8 Å². The van der Waals surface area contributed by atoms with Crippen molar-refractivity contribution in [1.82, 2.24) is 4.81 Å². The maximum absolute atomic E-state index is 13.8. The normalized spacial score (nSPS) is 17.3. The first-order valence-corrected chi connectivity index (χ1v) is 6.49. The van der Waals surface area contributed by atoms with Gasteiger partial charge in [0.1, 0.15) is 5.82 Å². The molecule has 1 aliphatic rings. The smallest absolute Gasteiger partial charge is 0.376 e. The van der Waals surface area contributed by atoms with Gasteiger partial charge in [-0.15, -0.1) is 0 Å². The van der Waals surface area contributed by atoms with Gasteiger partial charge in [-0.25, -0.2) is 4.39 Å². The molecule has 1 fully saturated rings. The van der Waals surface area contributed by atoms with E-state index in [0.29, 0.717) is 5.69 Å². The van der Waals surface area contributed by atoms with Crippen molar-refractivity contribution >= 4 is 28.7 Å². The van der Waals surface area contributed by atoms with E-state index < -0.39 is 7.05 Å². The standard InChI is InChI=1S/C11H15BBrFN2O/c1-12(17)16-6-4-15(5-7-16)11-3-2-9(13)8-10(11)14/h2-3,8,17H,4-7H2,1H3. The van der Waals surface area contributed by atoms with E-state index in [2.05, 4.69) is 15.9 Å². The molecule has 1 saturated heterocycles. The third-order valence-electron chi connectivity index (χ3n) is 3.09. The predicted molar refractivity (Wildman–Crippen MR) is 71.7 cm³/mol. The number of nitrogens with zero attached hydrogens (tertiary/aromatic N) is 2. The zero-order valence-electron chi connectivity index (χ0n) is 9.74. The molecule has 3 nitrogen and oxygen atoms in total. The van der Waals surface area contributed by atoms with E-state index in [1.54, 1.807) is 12.9 Å². The molecule has 92 valence electrons. The second-order valence-electron chi connectivity index (χ2n) is 4.25. The number of anilines is 1. The summed E-state index contributed by atoms with van der Waals surface area (Å²) in [7, 11) is -0.424. The molecule has 0 atom stereocenters. The molecule has 1 aliphatic heterocycles. The van der Waals surface area contributed by atoms with Crippen LogP contribution in [0.5, 0.6) is 0 Å². The molecule has 1 N–H and O–H groups in total. The monoisotopic (exact) mass is 300 g/mol. The molecule has 0 radical (unpaired) electrons. The van der Waals surface area contributed by atoms with Gasteiger partial charge < -0.3 is 14.7 Å². The van der Waals surface area contributed by atoms with Crippen molar-refractivity contribution in [3.05, 3.63) is 28.5 Å². The topological polar surface area (TPSA) is 26.7 Å². The van der Waals surface area contributed by atoms with Crippen molar-refractivity contribution in [3.63, 3.8) is 0 Å². The third kappa shape index (κ3) is 3.00. The minimum atomic E-state index is -0.424. The highest BCUT2D eigenvalue weighted by Gasteiger charge is 2.23. The summed E-state index contributed by atoms with van der Waals surface area (Å²) in [5.41, 5.74) is 0.637. The average Bonchev–Trinajstić information content (AvgIpc) is 2.29. The van der Waals surface area contributed by atoms with Gasteiger partial charge >= 0.3 is 7.05 Å². The van der Waals surface area contributed by atoms with Crippen LogP contribution in [0.15, 0.2) is 22.7 Å². The third-order valence-corrected chi connectivity index (χ3v) is 3.59. The summed E-state index contributed by atoms with van der Waals surface area (Å²) in [6, 6.07) is 5.12. The molecule has 0 spiro atoms. The summed E-state index contributed by atoms with van der Waals surface area (Å²) < 4.78 is 14.5. The number of rotatable bonds is 2. The Morgan fingerprint density at radius 3 is 2.47 bits per heavy atom. The Morgan fingerprint density at radius 2 is 1.94 bits per heavy atom. The number of halogens is 2. The van der Waals surface area contributed by atoms with Gasteiger partial charge in [0.15, 0.2) is 0 Å². The van der Waals surface area contributed by atoms with Gasteiger partial charge in [0, 0.05) is 30.7 Å². The Balaban J connectivity index is 2.05. The zero-order valence-corrected chi connectivity index (χ0v) is 11.3. The van der Waals surface area contributed by atoms with Crippen molar-refractivity contribution in [2.24, 2.45) is 0 Å². The lowest BCUT2D eigenvalue weighted by atomic mass is 9.84. The zero-order chi connectivity index (χ0) is 12.4. The Bertz CT molecular complexity index is 397. The van der Waals surface area contributed by atoms with Crippen LogP contribution in [0.25, 0.3) is 0 Å².